The fourth-order valence-electron chi connectivity index (χ4n) is 7.76. The van der Waals surface area contributed by atoms with Gasteiger partial charge in [-0.05, 0) is 95.4 Å². The normalized spacial score (nSPS) is 13.1. The third kappa shape index (κ3) is 3.86. The Morgan fingerprint density at radius 1 is 0.311 bits per heavy atom. The zero-order valence-electron chi connectivity index (χ0n) is 24.8. The van der Waals surface area contributed by atoms with Crippen LogP contribution in [0.2, 0.25) is 0 Å². The molecule has 210 valence electrons. The van der Waals surface area contributed by atoms with Gasteiger partial charge in [0.25, 0.3) is 0 Å². The lowest BCUT2D eigenvalue weighted by atomic mass is 9.67. The maximum Gasteiger partial charge on any atom is 0.0714 e. The van der Waals surface area contributed by atoms with E-state index in [0.29, 0.717) is 0 Å². The minimum Gasteiger partial charge on any atom is -0.0622 e. The molecular formula is C45H30. The number of fused-ring (bicyclic) bond motifs is 6. The molecule has 0 saturated heterocycles. The Morgan fingerprint density at radius 3 is 1.53 bits per heavy atom. The van der Waals surface area contributed by atoms with Gasteiger partial charge in [0.05, 0.1) is 5.41 Å². The molecule has 0 N–H and O–H groups in total. The monoisotopic (exact) mass is 570 g/mol. The topological polar surface area (TPSA) is 0 Å². The van der Waals surface area contributed by atoms with Gasteiger partial charge in [-0.1, -0.05) is 164 Å². The summed E-state index contributed by atoms with van der Waals surface area (Å²) in [4.78, 5) is 0. The highest BCUT2D eigenvalue weighted by Gasteiger charge is 2.46. The summed E-state index contributed by atoms with van der Waals surface area (Å²) in [6.45, 7) is 0. The summed E-state index contributed by atoms with van der Waals surface area (Å²) >= 11 is 0. The lowest BCUT2D eigenvalue weighted by molar-refractivity contribution is 0.769. The first-order valence-corrected chi connectivity index (χ1v) is 15.7. The van der Waals surface area contributed by atoms with Gasteiger partial charge in [-0.25, -0.2) is 0 Å². The van der Waals surface area contributed by atoms with Crippen molar-refractivity contribution in [1.29, 1.82) is 0 Å². The molecule has 0 aliphatic heterocycles. The highest BCUT2D eigenvalue weighted by atomic mass is 14.5. The van der Waals surface area contributed by atoms with E-state index in [1.807, 2.05) is 0 Å². The first-order valence-electron chi connectivity index (χ1n) is 15.7. The average molecular weight is 571 g/mol. The molecule has 0 saturated carbocycles. The van der Waals surface area contributed by atoms with Gasteiger partial charge in [-0.2, -0.15) is 0 Å². The van der Waals surface area contributed by atoms with Gasteiger partial charge >= 0.3 is 0 Å². The first kappa shape index (κ1) is 25.7. The molecule has 0 heteroatoms. The maximum atomic E-state index is 2.50. The minimum atomic E-state index is -0.436. The van der Waals surface area contributed by atoms with Crippen LogP contribution in [0.15, 0.2) is 182 Å². The molecule has 0 nitrogen and oxygen atoms in total. The maximum absolute atomic E-state index is 2.50. The van der Waals surface area contributed by atoms with Gasteiger partial charge in [0.2, 0.25) is 0 Å². The largest absolute Gasteiger partial charge is 0.0714 e. The summed E-state index contributed by atoms with van der Waals surface area (Å²) in [7, 11) is 0. The Morgan fingerprint density at radius 2 is 0.844 bits per heavy atom. The molecule has 0 radical (unpaired) electrons. The first-order chi connectivity index (χ1) is 22.3. The number of rotatable bonds is 4. The molecule has 0 amide bonds. The Balaban J connectivity index is 1.34. The zero-order chi connectivity index (χ0) is 29.8. The van der Waals surface area contributed by atoms with E-state index in [0.717, 1.165) is 0 Å². The molecule has 9 rings (SSSR count). The second-order valence-corrected chi connectivity index (χ2v) is 12.1. The fraction of sp³-hybridized carbons (Fsp3) is 0.0222. The van der Waals surface area contributed by atoms with Crippen LogP contribution in [0.25, 0.3) is 54.9 Å². The van der Waals surface area contributed by atoms with Crippen molar-refractivity contribution in [2.75, 3.05) is 0 Å². The second-order valence-electron chi connectivity index (χ2n) is 12.1. The SMILES string of the molecule is c1ccc(-c2ccc3cc(-c4cc5c(c6ccccc46)-c4ccccc4C5(c4ccccc4)c4ccccc4)ccc3c2)cc1. The van der Waals surface area contributed by atoms with E-state index < -0.39 is 5.41 Å². The van der Waals surface area contributed by atoms with E-state index in [9.17, 15) is 0 Å². The van der Waals surface area contributed by atoms with Gasteiger partial charge in [0, 0.05) is 0 Å². The molecule has 0 unspecified atom stereocenters. The van der Waals surface area contributed by atoms with Crippen LogP contribution in [0.1, 0.15) is 22.3 Å². The predicted molar refractivity (Wildman–Crippen MR) is 190 cm³/mol. The van der Waals surface area contributed by atoms with Crippen LogP contribution in [0.3, 0.4) is 0 Å². The minimum absolute atomic E-state index is 0.436. The number of hydrogen-bond donors (Lipinski definition) is 0. The molecule has 0 heterocycles. The molecule has 0 fully saturated rings. The van der Waals surface area contributed by atoms with E-state index in [4.69, 9.17) is 0 Å². The van der Waals surface area contributed by atoms with E-state index in [2.05, 4.69) is 182 Å². The van der Waals surface area contributed by atoms with Crippen LogP contribution in [-0.4, -0.2) is 0 Å². The van der Waals surface area contributed by atoms with Crippen molar-refractivity contribution in [3.05, 3.63) is 204 Å². The van der Waals surface area contributed by atoms with Crippen molar-refractivity contribution < 1.29 is 0 Å². The summed E-state index contributed by atoms with van der Waals surface area (Å²) in [6.07, 6.45) is 0. The lowest BCUT2D eigenvalue weighted by Crippen LogP contribution is -2.28. The molecule has 45 heavy (non-hydrogen) atoms. The molecule has 8 aromatic rings. The quantitative estimate of drug-likeness (QED) is 0.197. The summed E-state index contributed by atoms with van der Waals surface area (Å²) in [5.41, 5.74) is 12.5. The van der Waals surface area contributed by atoms with Crippen molar-refractivity contribution in [3.8, 4) is 33.4 Å². The summed E-state index contributed by atoms with van der Waals surface area (Å²) < 4.78 is 0. The standard InChI is InChI=1S/C45H30/c1-4-14-31(15-5-1)32-24-25-34-29-35(27-26-33(34)28-32)41-30-43-44(39-21-11-10-20-38(39)41)40-22-12-13-23-42(40)45(43,36-16-6-2-7-17-36)37-18-8-3-9-19-37/h1-30H. The summed E-state index contributed by atoms with van der Waals surface area (Å²) in [5.74, 6) is 0. The molecule has 0 bridgehead atoms. The Bertz CT molecular complexity index is 2310. The fourth-order valence-corrected chi connectivity index (χ4v) is 7.76. The summed E-state index contributed by atoms with van der Waals surface area (Å²) in [5, 5.41) is 5.08. The molecular weight excluding hydrogens is 540 g/mol. The summed E-state index contributed by atoms with van der Waals surface area (Å²) in [6, 6.07) is 67.0. The Kier molecular flexibility index (Phi) is 5.83. The van der Waals surface area contributed by atoms with Crippen LogP contribution in [0, 0.1) is 0 Å². The number of benzene rings is 8. The highest BCUT2D eigenvalue weighted by Crippen LogP contribution is 2.58. The third-order valence-corrected chi connectivity index (χ3v) is 9.72. The zero-order valence-corrected chi connectivity index (χ0v) is 24.8. The van der Waals surface area contributed by atoms with Gasteiger partial charge < -0.3 is 0 Å². The lowest BCUT2D eigenvalue weighted by Gasteiger charge is -2.34. The van der Waals surface area contributed by atoms with Crippen LogP contribution in [0.5, 0.6) is 0 Å². The van der Waals surface area contributed by atoms with Crippen molar-refractivity contribution in [1.82, 2.24) is 0 Å². The molecule has 0 atom stereocenters. The van der Waals surface area contributed by atoms with Gasteiger partial charge in [0.1, 0.15) is 0 Å². The van der Waals surface area contributed by atoms with Gasteiger partial charge in [-0.3, -0.25) is 0 Å². The van der Waals surface area contributed by atoms with Crippen molar-refractivity contribution >= 4 is 21.5 Å². The Labute approximate surface area is 263 Å². The molecule has 1 aliphatic rings. The predicted octanol–water partition coefficient (Wildman–Crippen LogP) is 11.7. The molecule has 8 aromatic carbocycles. The van der Waals surface area contributed by atoms with Crippen LogP contribution >= 0.6 is 0 Å². The van der Waals surface area contributed by atoms with E-state index in [-0.39, 0.29) is 0 Å². The van der Waals surface area contributed by atoms with E-state index in [1.165, 1.54) is 77.2 Å². The Hall–Kier alpha value is -5.72. The van der Waals surface area contributed by atoms with E-state index in [1.54, 1.807) is 0 Å². The van der Waals surface area contributed by atoms with E-state index >= 15 is 0 Å². The van der Waals surface area contributed by atoms with Crippen molar-refractivity contribution in [2.24, 2.45) is 0 Å². The van der Waals surface area contributed by atoms with Crippen LogP contribution in [0.4, 0.5) is 0 Å². The average Bonchev–Trinajstić information content (AvgIpc) is 3.43. The van der Waals surface area contributed by atoms with Gasteiger partial charge in [0.15, 0.2) is 0 Å². The van der Waals surface area contributed by atoms with Crippen molar-refractivity contribution in [2.45, 2.75) is 5.41 Å². The molecule has 0 spiro atoms. The number of hydrogen-bond acceptors (Lipinski definition) is 0. The smallest absolute Gasteiger partial charge is 0.0622 e. The highest BCUT2D eigenvalue weighted by molar-refractivity contribution is 6.10. The second kappa shape index (κ2) is 10.2. The third-order valence-electron chi connectivity index (χ3n) is 9.72. The molecule has 1 aliphatic carbocycles. The van der Waals surface area contributed by atoms with Crippen LogP contribution in [-0.2, 0) is 5.41 Å². The van der Waals surface area contributed by atoms with Crippen LogP contribution < -0.4 is 0 Å². The van der Waals surface area contributed by atoms with Gasteiger partial charge in [-0.15, -0.1) is 0 Å². The molecule has 0 aromatic heterocycles. The van der Waals surface area contributed by atoms with Crippen molar-refractivity contribution in [3.63, 3.8) is 0 Å².